The summed E-state index contributed by atoms with van der Waals surface area (Å²) in [5.74, 6) is -1.73. The fourth-order valence-electron chi connectivity index (χ4n) is 4.56. The van der Waals surface area contributed by atoms with Crippen LogP contribution in [0, 0.1) is 0 Å². The molecule has 3 amide bonds. The van der Waals surface area contributed by atoms with E-state index in [0.29, 0.717) is 12.1 Å². The maximum atomic E-state index is 13.7. The normalized spacial score (nSPS) is 12.3. The molecule has 0 saturated heterocycles. The van der Waals surface area contributed by atoms with Gasteiger partial charge in [0.2, 0.25) is 11.8 Å². The number of aliphatic imine (C=N–C) groups is 1. The molecule has 0 aliphatic heterocycles. The highest BCUT2D eigenvalue weighted by Gasteiger charge is 2.28. The van der Waals surface area contributed by atoms with Crippen LogP contribution in [0.5, 0.6) is 0 Å². The van der Waals surface area contributed by atoms with Gasteiger partial charge >= 0.3 is 0 Å². The van der Waals surface area contributed by atoms with Crippen LogP contribution in [0.25, 0.3) is 22.0 Å². The Bertz CT molecular complexity index is 1500. The van der Waals surface area contributed by atoms with Crippen LogP contribution in [0.15, 0.2) is 89.9 Å². The predicted molar refractivity (Wildman–Crippen MR) is 156 cm³/mol. The summed E-state index contributed by atoms with van der Waals surface area (Å²) in [4.78, 5) is 46.5. The molecule has 3 aromatic carbocycles. The lowest BCUT2D eigenvalue weighted by atomic mass is 10.0. The zero-order chi connectivity index (χ0) is 28.5. The number of benzene rings is 3. The summed E-state index contributed by atoms with van der Waals surface area (Å²) in [6.07, 6.45) is 0.858. The molecule has 10 nitrogen and oxygen atoms in total. The topological polar surface area (TPSA) is 181 Å². The standard InChI is InChI=1S/C30H33N7O3/c31-27(38)24(18-19-10-3-1-4-11-19)37-28(39)23(16-9-17-34-30(32)33)36-29(40)26-25(20-12-5-2-6-13-20)21-14-7-8-15-22(21)35-26/h1-8,10-15,23-24,35H,9,16-18H2,(H2,31,38)(H,36,40)(H,37,39)(H4,32,33,34)/t23-,24-/m0/s1. The number of guanidine groups is 1. The lowest BCUT2D eigenvalue weighted by Crippen LogP contribution is -2.53. The number of amides is 3. The first kappa shape index (κ1) is 27.9. The predicted octanol–water partition coefficient (Wildman–Crippen LogP) is 2.20. The number of rotatable bonds is 12. The number of hydrogen-bond donors (Lipinski definition) is 6. The van der Waals surface area contributed by atoms with Gasteiger partial charge in [0.05, 0.1) is 0 Å². The van der Waals surface area contributed by atoms with Gasteiger partial charge < -0.3 is 32.8 Å². The molecule has 10 heteroatoms. The van der Waals surface area contributed by atoms with Gasteiger partial charge in [0, 0.05) is 29.4 Å². The third-order valence-corrected chi connectivity index (χ3v) is 6.51. The zero-order valence-corrected chi connectivity index (χ0v) is 22.0. The first-order chi connectivity index (χ1) is 19.3. The van der Waals surface area contributed by atoms with Gasteiger partial charge in [0.1, 0.15) is 17.8 Å². The molecule has 9 N–H and O–H groups in total. The van der Waals surface area contributed by atoms with Gasteiger partial charge in [0.25, 0.3) is 5.91 Å². The van der Waals surface area contributed by atoms with E-state index in [4.69, 9.17) is 17.2 Å². The van der Waals surface area contributed by atoms with Crippen LogP contribution in [0.4, 0.5) is 0 Å². The summed E-state index contributed by atoms with van der Waals surface area (Å²) < 4.78 is 0. The molecular weight excluding hydrogens is 506 g/mol. The van der Waals surface area contributed by atoms with E-state index < -0.39 is 29.8 Å². The number of aromatic amines is 1. The van der Waals surface area contributed by atoms with Gasteiger partial charge in [-0.15, -0.1) is 0 Å². The van der Waals surface area contributed by atoms with Gasteiger partial charge in [-0.1, -0.05) is 78.9 Å². The van der Waals surface area contributed by atoms with Gasteiger partial charge in [-0.3, -0.25) is 19.4 Å². The van der Waals surface area contributed by atoms with Crippen molar-refractivity contribution in [3.05, 3.63) is 96.2 Å². The Labute approximate surface area is 232 Å². The summed E-state index contributed by atoms with van der Waals surface area (Å²) in [5.41, 5.74) is 20.0. The number of carbonyl (C=O) groups excluding carboxylic acids is 3. The maximum Gasteiger partial charge on any atom is 0.269 e. The Morgan fingerprint density at radius 2 is 1.45 bits per heavy atom. The fraction of sp³-hybridized carbons (Fsp3) is 0.200. The van der Waals surface area contributed by atoms with Gasteiger partial charge in [-0.2, -0.15) is 0 Å². The molecule has 0 aliphatic rings. The number of nitrogens with zero attached hydrogens (tertiary/aromatic N) is 1. The fourth-order valence-corrected chi connectivity index (χ4v) is 4.56. The van der Waals surface area contributed by atoms with Crippen molar-refractivity contribution in [1.29, 1.82) is 0 Å². The van der Waals surface area contributed by atoms with Crippen LogP contribution in [0.1, 0.15) is 28.9 Å². The molecule has 0 saturated carbocycles. The Kier molecular flexibility index (Phi) is 9.14. The molecule has 2 atom stereocenters. The van der Waals surface area contributed by atoms with Crippen LogP contribution in [-0.2, 0) is 16.0 Å². The number of aromatic nitrogens is 1. The van der Waals surface area contributed by atoms with E-state index in [0.717, 1.165) is 27.6 Å². The average molecular weight is 540 g/mol. The van der Waals surface area contributed by atoms with Crippen molar-refractivity contribution >= 4 is 34.6 Å². The minimum atomic E-state index is -0.977. The largest absolute Gasteiger partial charge is 0.370 e. The smallest absolute Gasteiger partial charge is 0.269 e. The summed E-state index contributed by atoms with van der Waals surface area (Å²) in [7, 11) is 0. The number of hydrogen-bond acceptors (Lipinski definition) is 4. The van der Waals surface area contributed by atoms with Crippen LogP contribution in [0.2, 0.25) is 0 Å². The third kappa shape index (κ3) is 7.04. The molecular formula is C30H33N7O3. The number of nitrogens with one attached hydrogen (secondary N) is 3. The first-order valence-electron chi connectivity index (χ1n) is 13.0. The lowest BCUT2D eigenvalue weighted by Gasteiger charge is -2.22. The van der Waals surface area contributed by atoms with E-state index in [9.17, 15) is 14.4 Å². The van der Waals surface area contributed by atoms with Crippen LogP contribution in [0.3, 0.4) is 0 Å². The van der Waals surface area contributed by atoms with Crippen molar-refractivity contribution in [1.82, 2.24) is 15.6 Å². The second-order valence-corrected chi connectivity index (χ2v) is 9.41. The minimum absolute atomic E-state index is 0.0627. The summed E-state index contributed by atoms with van der Waals surface area (Å²) in [5, 5.41) is 6.45. The summed E-state index contributed by atoms with van der Waals surface area (Å²) in [6, 6.07) is 24.4. The molecule has 4 rings (SSSR count). The number of nitrogens with two attached hydrogens (primary N) is 3. The van der Waals surface area contributed by atoms with Gasteiger partial charge in [-0.05, 0) is 30.0 Å². The second-order valence-electron chi connectivity index (χ2n) is 9.41. The van der Waals surface area contributed by atoms with E-state index in [2.05, 4.69) is 20.6 Å². The van der Waals surface area contributed by atoms with E-state index in [1.54, 1.807) is 0 Å². The van der Waals surface area contributed by atoms with Crippen molar-refractivity contribution in [2.45, 2.75) is 31.3 Å². The van der Waals surface area contributed by atoms with Crippen molar-refractivity contribution in [2.75, 3.05) is 6.54 Å². The van der Waals surface area contributed by atoms with Crippen LogP contribution < -0.4 is 27.8 Å². The Balaban J connectivity index is 1.60. The lowest BCUT2D eigenvalue weighted by molar-refractivity contribution is -0.128. The first-order valence-corrected chi connectivity index (χ1v) is 13.0. The van der Waals surface area contributed by atoms with E-state index in [1.807, 2.05) is 84.9 Å². The Morgan fingerprint density at radius 3 is 2.12 bits per heavy atom. The van der Waals surface area contributed by atoms with Crippen LogP contribution in [-0.4, -0.2) is 47.3 Å². The van der Waals surface area contributed by atoms with Gasteiger partial charge in [-0.25, -0.2) is 0 Å². The number of primary amides is 1. The molecule has 0 unspecified atom stereocenters. The molecule has 0 fully saturated rings. The monoisotopic (exact) mass is 539 g/mol. The van der Waals surface area contributed by atoms with Crippen molar-refractivity contribution in [3.8, 4) is 11.1 Å². The number of fused-ring (bicyclic) bond motifs is 1. The second kappa shape index (κ2) is 13.1. The third-order valence-electron chi connectivity index (χ3n) is 6.51. The molecule has 0 radical (unpaired) electrons. The Morgan fingerprint density at radius 1 is 0.800 bits per heavy atom. The zero-order valence-electron chi connectivity index (χ0n) is 22.0. The molecule has 0 spiro atoms. The average Bonchev–Trinajstić information content (AvgIpc) is 3.35. The van der Waals surface area contributed by atoms with Crippen molar-refractivity contribution < 1.29 is 14.4 Å². The van der Waals surface area contributed by atoms with E-state index in [1.165, 1.54) is 0 Å². The minimum Gasteiger partial charge on any atom is -0.370 e. The van der Waals surface area contributed by atoms with E-state index >= 15 is 0 Å². The molecule has 0 bridgehead atoms. The van der Waals surface area contributed by atoms with Crippen LogP contribution >= 0.6 is 0 Å². The molecule has 1 heterocycles. The van der Waals surface area contributed by atoms with Crippen molar-refractivity contribution in [3.63, 3.8) is 0 Å². The number of carbonyl (C=O) groups is 3. The summed E-state index contributed by atoms with van der Waals surface area (Å²) in [6.45, 7) is 0.271. The maximum absolute atomic E-state index is 13.7. The van der Waals surface area contributed by atoms with Crippen molar-refractivity contribution in [2.24, 2.45) is 22.2 Å². The summed E-state index contributed by atoms with van der Waals surface area (Å²) >= 11 is 0. The highest BCUT2D eigenvalue weighted by Crippen LogP contribution is 2.32. The molecule has 4 aromatic rings. The molecule has 0 aliphatic carbocycles. The Hall–Kier alpha value is -5.12. The number of para-hydroxylation sites is 1. The van der Waals surface area contributed by atoms with E-state index in [-0.39, 0.29) is 25.3 Å². The number of H-pyrrole nitrogens is 1. The SMILES string of the molecule is NC(=O)[C@H](Cc1ccccc1)NC(=O)[C@H](CCCN=C(N)N)NC(=O)c1[nH]c2ccccc2c1-c1ccccc1. The highest BCUT2D eigenvalue weighted by atomic mass is 16.2. The molecule has 206 valence electrons. The highest BCUT2D eigenvalue weighted by molar-refractivity contribution is 6.10. The molecule has 40 heavy (non-hydrogen) atoms. The quantitative estimate of drug-likeness (QED) is 0.0915. The molecule has 1 aromatic heterocycles. The van der Waals surface area contributed by atoms with Gasteiger partial charge in [0.15, 0.2) is 5.96 Å².